The molecule has 0 saturated heterocycles. The maximum Gasteiger partial charge on any atom is 0.444 e. The maximum absolute atomic E-state index is 11.4. The minimum atomic E-state index is -1.50. The summed E-state index contributed by atoms with van der Waals surface area (Å²) in [5, 5.41) is 55.9. The van der Waals surface area contributed by atoms with Crippen molar-refractivity contribution < 1.29 is 24.6 Å². The highest BCUT2D eigenvalue weighted by Gasteiger charge is 2.45. The lowest BCUT2D eigenvalue weighted by Gasteiger charge is -2.08. The summed E-state index contributed by atoms with van der Waals surface area (Å²) in [6.45, 7) is 0. The Labute approximate surface area is 149 Å². The van der Waals surface area contributed by atoms with E-state index in [4.69, 9.17) is 11.5 Å². The van der Waals surface area contributed by atoms with Gasteiger partial charge in [0.1, 0.15) is 0 Å². The van der Waals surface area contributed by atoms with Crippen LogP contribution in [0.2, 0.25) is 0 Å². The van der Waals surface area contributed by atoms with Crippen molar-refractivity contribution in [2.45, 2.75) is 0 Å². The van der Waals surface area contributed by atoms with Gasteiger partial charge < -0.3 is 31.7 Å². The predicted octanol–water partition coefficient (Wildman–Crippen LogP) is 0.578. The van der Waals surface area contributed by atoms with E-state index in [1.54, 1.807) is 0 Å². The van der Waals surface area contributed by atoms with E-state index in [-0.39, 0.29) is 10.8 Å². The average molecular weight is 399 g/mol. The van der Waals surface area contributed by atoms with Crippen LogP contribution in [0.15, 0.2) is 6.20 Å². The van der Waals surface area contributed by atoms with Gasteiger partial charge in [0.25, 0.3) is 5.69 Å². The topological polar surface area (TPSA) is 286 Å². The van der Waals surface area contributed by atoms with Gasteiger partial charge in [0.15, 0.2) is 17.6 Å². The number of nitro groups is 5. The molecule has 0 unspecified atom stereocenters. The average Bonchev–Trinajstić information content (AvgIpc) is 2.98. The molecule has 0 saturated carbocycles. The molecular formula is C9H5N9O10. The van der Waals surface area contributed by atoms with E-state index in [1.165, 1.54) is 0 Å². The van der Waals surface area contributed by atoms with Gasteiger partial charge in [0.2, 0.25) is 0 Å². The number of nitrogens with two attached hydrogens (primary N) is 2. The van der Waals surface area contributed by atoms with Gasteiger partial charge in [0, 0.05) is 0 Å². The minimum absolute atomic E-state index is 0.0326. The third-order valence-corrected chi connectivity index (χ3v) is 3.28. The first-order valence-corrected chi connectivity index (χ1v) is 6.46. The smallest absolute Gasteiger partial charge is 0.390 e. The number of aromatic nitrogens is 2. The third-order valence-electron chi connectivity index (χ3n) is 3.28. The molecule has 1 aromatic carbocycles. The van der Waals surface area contributed by atoms with E-state index in [9.17, 15) is 50.6 Å². The molecule has 2 rings (SSSR count). The lowest BCUT2D eigenvalue weighted by molar-refractivity contribution is -0.405. The summed E-state index contributed by atoms with van der Waals surface area (Å²) >= 11 is 0. The largest absolute Gasteiger partial charge is 0.444 e. The molecule has 0 amide bonds. The van der Waals surface area contributed by atoms with Crippen LogP contribution in [0.3, 0.4) is 0 Å². The molecule has 19 heteroatoms. The number of benzene rings is 1. The Bertz CT molecular complexity index is 1050. The highest BCUT2D eigenvalue weighted by Crippen LogP contribution is 2.49. The Morgan fingerprint density at radius 1 is 0.714 bits per heavy atom. The summed E-state index contributed by atoms with van der Waals surface area (Å²) < 4.78 is 0.0326. The molecule has 0 aliphatic heterocycles. The van der Waals surface area contributed by atoms with Crippen LogP contribution in [-0.2, 0) is 0 Å². The van der Waals surface area contributed by atoms with E-state index in [2.05, 4.69) is 4.98 Å². The van der Waals surface area contributed by atoms with Crippen molar-refractivity contribution in [1.82, 2.24) is 9.55 Å². The number of anilines is 2. The van der Waals surface area contributed by atoms with E-state index in [1.807, 2.05) is 0 Å². The van der Waals surface area contributed by atoms with Crippen LogP contribution < -0.4 is 11.5 Å². The monoisotopic (exact) mass is 399 g/mol. The van der Waals surface area contributed by atoms with Crippen LogP contribution in [0.25, 0.3) is 5.69 Å². The van der Waals surface area contributed by atoms with Crippen molar-refractivity contribution in [2.75, 3.05) is 11.5 Å². The summed E-state index contributed by atoms with van der Waals surface area (Å²) in [6, 6.07) is 0. The molecule has 2 aromatic rings. The Kier molecular flexibility index (Phi) is 4.42. The van der Waals surface area contributed by atoms with Gasteiger partial charge in [-0.3, -0.25) is 30.3 Å². The zero-order chi connectivity index (χ0) is 21.5. The fraction of sp³-hybridized carbons (Fsp3) is 0. The Morgan fingerprint density at radius 2 is 1.14 bits per heavy atom. The lowest BCUT2D eigenvalue weighted by atomic mass is 10.1. The van der Waals surface area contributed by atoms with Crippen molar-refractivity contribution >= 4 is 40.2 Å². The van der Waals surface area contributed by atoms with E-state index in [0.29, 0.717) is 0 Å². The van der Waals surface area contributed by atoms with Gasteiger partial charge in [-0.2, -0.15) is 4.57 Å². The van der Waals surface area contributed by atoms with Crippen LogP contribution >= 0.6 is 0 Å². The predicted molar refractivity (Wildman–Crippen MR) is 85.7 cm³/mol. The first-order valence-electron chi connectivity index (χ1n) is 6.46. The van der Waals surface area contributed by atoms with Crippen LogP contribution in [0.4, 0.5) is 40.2 Å². The molecule has 1 aromatic heterocycles. The van der Waals surface area contributed by atoms with Crippen LogP contribution in [0, 0.1) is 50.6 Å². The molecule has 4 N–H and O–H groups in total. The fourth-order valence-electron chi connectivity index (χ4n) is 2.27. The first-order chi connectivity index (χ1) is 12.9. The molecule has 0 radical (unpaired) electrons. The van der Waals surface area contributed by atoms with Gasteiger partial charge in [0.05, 0.1) is 14.8 Å². The molecule has 1 heterocycles. The zero-order valence-electron chi connectivity index (χ0n) is 12.9. The highest BCUT2D eigenvalue weighted by molar-refractivity contribution is 5.95. The molecule has 0 aliphatic rings. The van der Waals surface area contributed by atoms with E-state index >= 15 is 0 Å². The summed E-state index contributed by atoms with van der Waals surface area (Å²) in [4.78, 5) is 52.2. The van der Waals surface area contributed by atoms with E-state index < -0.39 is 70.5 Å². The second-order valence-electron chi connectivity index (χ2n) is 4.78. The number of nitrogen functional groups attached to an aromatic ring is 2. The second-order valence-corrected chi connectivity index (χ2v) is 4.78. The van der Waals surface area contributed by atoms with Gasteiger partial charge >= 0.3 is 28.8 Å². The van der Waals surface area contributed by atoms with Crippen molar-refractivity contribution in [3.8, 4) is 5.69 Å². The SMILES string of the molecule is Nc1c([N+](=O)[O-])c(N)c([N+](=O)[O-])c(-n2cc([N+](=O)[O-])nc2[N+](=O)[O-])c1[N+](=O)[O-]. The minimum Gasteiger partial charge on any atom is -0.390 e. The number of hydrogen-bond acceptors (Lipinski definition) is 13. The first kappa shape index (κ1) is 19.4. The lowest BCUT2D eigenvalue weighted by Crippen LogP contribution is -2.13. The van der Waals surface area contributed by atoms with Crippen LogP contribution in [-0.4, -0.2) is 34.2 Å². The summed E-state index contributed by atoms with van der Waals surface area (Å²) in [6.07, 6.45) is 0.276. The maximum atomic E-state index is 11.4. The molecule has 19 nitrogen and oxygen atoms in total. The number of hydrogen-bond donors (Lipinski definition) is 2. The molecule has 0 fully saturated rings. The molecule has 0 spiro atoms. The third kappa shape index (κ3) is 2.79. The van der Waals surface area contributed by atoms with Crippen LogP contribution in [0.5, 0.6) is 0 Å². The Balaban J connectivity index is 3.18. The molecular weight excluding hydrogens is 394 g/mol. The van der Waals surface area contributed by atoms with Gasteiger partial charge in [-0.25, -0.2) is 0 Å². The summed E-state index contributed by atoms with van der Waals surface area (Å²) in [5.74, 6) is -2.61. The zero-order valence-corrected chi connectivity index (χ0v) is 12.9. The number of nitrogens with zero attached hydrogens (tertiary/aromatic N) is 7. The van der Waals surface area contributed by atoms with E-state index in [0.717, 1.165) is 0 Å². The second kappa shape index (κ2) is 6.40. The standard InChI is InChI=1S/C9H5N9O10/c10-3-5(15(21)22)4(11)7(17(25)26)8(6(3)16(23)24)13-1-2(14(19)20)12-9(13)18(27)28/h1H,10-11H2. The number of nitro benzene ring substituents is 3. The van der Waals surface area contributed by atoms with Crippen molar-refractivity contribution in [2.24, 2.45) is 0 Å². The summed E-state index contributed by atoms with van der Waals surface area (Å²) in [5.41, 5.74) is 2.55. The van der Waals surface area contributed by atoms with Crippen LogP contribution in [0.1, 0.15) is 0 Å². The van der Waals surface area contributed by atoms with Gasteiger partial charge in [-0.05, 0) is 14.8 Å². The van der Waals surface area contributed by atoms with Crippen molar-refractivity contribution in [1.29, 1.82) is 0 Å². The highest BCUT2D eigenvalue weighted by atomic mass is 16.6. The molecule has 0 aliphatic carbocycles. The molecule has 0 atom stereocenters. The Hall–Kier alpha value is -4.97. The Morgan fingerprint density at radius 3 is 1.46 bits per heavy atom. The summed E-state index contributed by atoms with van der Waals surface area (Å²) in [7, 11) is 0. The van der Waals surface area contributed by atoms with Gasteiger partial charge in [-0.1, -0.05) is 0 Å². The number of rotatable bonds is 6. The van der Waals surface area contributed by atoms with Gasteiger partial charge in [-0.15, -0.1) is 0 Å². The van der Waals surface area contributed by atoms with Crippen molar-refractivity contribution in [3.63, 3.8) is 0 Å². The molecule has 28 heavy (non-hydrogen) atoms. The molecule has 0 bridgehead atoms. The normalized spacial score (nSPS) is 10.4. The quantitative estimate of drug-likeness (QED) is 0.382. The van der Waals surface area contributed by atoms with Crippen molar-refractivity contribution in [3.05, 3.63) is 56.8 Å². The number of imidazole rings is 1. The molecule has 146 valence electrons. The fourth-order valence-corrected chi connectivity index (χ4v) is 2.27.